The van der Waals surface area contributed by atoms with Crippen molar-refractivity contribution in [3.63, 3.8) is 0 Å². The van der Waals surface area contributed by atoms with Crippen molar-refractivity contribution >= 4 is 11.9 Å². The second kappa shape index (κ2) is 10.5. The number of carboxylic acids is 1. The molecular weight excluding hydrogens is 413 g/mol. The first-order valence-electron chi connectivity index (χ1n) is 10.7. The lowest BCUT2D eigenvalue weighted by atomic mass is 10.0. The summed E-state index contributed by atoms with van der Waals surface area (Å²) < 4.78 is 37.9. The Labute approximate surface area is 180 Å². The van der Waals surface area contributed by atoms with Crippen LogP contribution in [0.2, 0.25) is 0 Å². The Bertz CT molecular complexity index is 724. The predicted molar refractivity (Wildman–Crippen MR) is 107 cm³/mol. The molecule has 1 amide bonds. The molecule has 3 aliphatic rings. The second-order valence-corrected chi connectivity index (χ2v) is 8.38. The molecule has 0 bridgehead atoms. The molecule has 0 aromatic heterocycles. The average molecular weight is 442 g/mol. The zero-order chi connectivity index (χ0) is 22.4. The number of benzene rings is 1. The van der Waals surface area contributed by atoms with Crippen molar-refractivity contribution in [1.29, 1.82) is 0 Å². The third-order valence-corrected chi connectivity index (χ3v) is 6.05. The van der Waals surface area contributed by atoms with Gasteiger partial charge in [0.05, 0.1) is 18.6 Å². The van der Waals surface area contributed by atoms with Crippen LogP contribution in [0.15, 0.2) is 30.3 Å². The van der Waals surface area contributed by atoms with E-state index in [1.807, 2.05) is 4.90 Å². The topological polar surface area (TPSA) is 70.1 Å². The molecule has 172 valence electrons. The van der Waals surface area contributed by atoms with Gasteiger partial charge in [-0.05, 0) is 31.2 Å². The number of carbonyl (C=O) groups excluding carboxylic acids is 1. The SMILES string of the molecule is O=C(C[C@@H]1C[C@H]2CN(CCc3ccccc3)C[C@H]2O1)N1CCCC1.O=C(O)C(F)(F)F. The van der Waals surface area contributed by atoms with Gasteiger partial charge in [-0.25, -0.2) is 4.79 Å². The number of rotatable bonds is 5. The first kappa shape index (κ1) is 23.5. The molecule has 3 saturated heterocycles. The number of aliphatic carboxylic acids is 1. The monoisotopic (exact) mass is 442 g/mol. The number of hydrogen-bond acceptors (Lipinski definition) is 4. The van der Waals surface area contributed by atoms with Crippen LogP contribution in [0.3, 0.4) is 0 Å². The fraction of sp³-hybridized carbons (Fsp3) is 0.636. The number of likely N-dealkylation sites (tertiary alicyclic amines) is 2. The van der Waals surface area contributed by atoms with Crippen LogP contribution in [0, 0.1) is 5.92 Å². The molecule has 9 heteroatoms. The summed E-state index contributed by atoms with van der Waals surface area (Å²) in [5.74, 6) is -1.83. The van der Waals surface area contributed by atoms with Crippen LogP contribution in [0.1, 0.15) is 31.2 Å². The molecule has 4 rings (SSSR count). The summed E-state index contributed by atoms with van der Waals surface area (Å²) in [7, 11) is 0. The number of hydrogen-bond donors (Lipinski definition) is 1. The van der Waals surface area contributed by atoms with Crippen LogP contribution in [-0.2, 0) is 20.7 Å². The molecule has 0 radical (unpaired) electrons. The van der Waals surface area contributed by atoms with E-state index in [9.17, 15) is 18.0 Å². The Morgan fingerprint density at radius 1 is 1.10 bits per heavy atom. The minimum absolute atomic E-state index is 0.157. The summed E-state index contributed by atoms with van der Waals surface area (Å²) in [5.41, 5.74) is 1.41. The normalized spacial score (nSPS) is 25.8. The maximum atomic E-state index is 12.3. The molecule has 0 unspecified atom stereocenters. The van der Waals surface area contributed by atoms with Gasteiger partial charge in [0.2, 0.25) is 5.91 Å². The van der Waals surface area contributed by atoms with E-state index in [1.54, 1.807) is 0 Å². The van der Waals surface area contributed by atoms with Gasteiger partial charge in [0.15, 0.2) is 0 Å². The number of carboxylic acid groups (broad SMARTS) is 1. The van der Waals surface area contributed by atoms with E-state index in [-0.39, 0.29) is 6.10 Å². The zero-order valence-corrected chi connectivity index (χ0v) is 17.4. The van der Waals surface area contributed by atoms with E-state index in [2.05, 4.69) is 35.2 Å². The number of amides is 1. The Morgan fingerprint density at radius 2 is 1.74 bits per heavy atom. The van der Waals surface area contributed by atoms with E-state index in [4.69, 9.17) is 14.6 Å². The van der Waals surface area contributed by atoms with Gasteiger partial charge in [-0.15, -0.1) is 0 Å². The van der Waals surface area contributed by atoms with Gasteiger partial charge < -0.3 is 19.6 Å². The molecule has 0 spiro atoms. The third kappa shape index (κ3) is 6.93. The molecule has 3 aliphatic heterocycles. The Kier molecular flexibility index (Phi) is 7.94. The van der Waals surface area contributed by atoms with Crippen LogP contribution in [-0.4, -0.2) is 77.9 Å². The largest absolute Gasteiger partial charge is 0.490 e. The Hall–Kier alpha value is -2.13. The summed E-state index contributed by atoms with van der Waals surface area (Å²) in [6.07, 6.45) is 0.513. The van der Waals surface area contributed by atoms with Crippen LogP contribution in [0.25, 0.3) is 0 Å². The minimum Gasteiger partial charge on any atom is -0.475 e. The molecule has 0 aliphatic carbocycles. The average Bonchev–Trinajstić information content (AvgIpc) is 3.43. The van der Waals surface area contributed by atoms with E-state index in [1.165, 1.54) is 18.4 Å². The quantitative estimate of drug-likeness (QED) is 0.759. The summed E-state index contributed by atoms with van der Waals surface area (Å²) in [6, 6.07) is 10.7. The molecule has 3 atom stereocenters. The van der Waals surface area contributed by atoms with E-state index in [0.29, 0.717) is 24.3 Å². The molecule has 1 N–H and O–H groups in total. The summed E-state index contributed by atoms with van der Waals surface area (Å²) >= 11 is 0. The smallest absolute Gasteiger partial charge is 0.475 e. The van der Waals surface area contributed by atoms with E-state index >= 15 is 0 Å². The van der Waals surface area contributed by atoms with Crippen LogP contribution in [0.5, 0.6) is 0 Å². The number of ether oxygens (including phenoxy) is 1. The van der Waals surface area contributed by atoms with Crippen molar-refractivity contribution in [2.75, 3.05) is 32.7 Å². The highest BCUT2D eigenvalue weighted by Crippen LogP contribution is 2.34. The first-order valence-corrected chi connectivity index (χ1v) is 10.7. The highest BCUT2D eigenvalue weighted by atomic mass is 19.4. The molecule has 1 aromatic carbocycles. The number of fused-ring (bicyclic) bond motifs is 1. The predicted octanol–water partition coefficient (Wildman–Crippen LogP) is 2.96. The summed E-state index contributed by atoms with van der Waals surface area (Å²) in [4.78, 5) is 25.7. The Balaban J connectivity index is 0.000000339. The van der Waals surface area contributed by atoms with Gasteiger partial charge in [-0.3, -0.25) is 4.79 Å². The highest BCUT2D eigenvalue weighted by Gasteiger charge is 2.42. The fourth-order valence-electron chi connectivity index (χ4n) is 4.48. The third-order valence-electron chi connectivity index (χ3n) is 6.05. The van der Waals surface area contributed by atoms with Crippen LogP contribution >= 0.6 is 0 Å². The van der Waals surface area contributed by atoms with Crippen LogP contribution < -0.4 is 0 Å². The zero-order valence-electron chi connectivity index (χ0n) is 17.4. The van der Waals surface area contributed by atoms with Gasteiger partial charge in [0.1, 0.15) is 0 Å². The fourth-order valence-corrected chi connectivity index (χ4v) is 4.48. The molecule has 3 fully saturated rings. The molecule has 0 saturated carbocycles. The van der Waals surface area contributed by atoms with Gasteiger partial charge in [-0.1, -0.05) is 30.3 Å². The van der Waals surface area contributed by atoms with Crippen molar-refractivity contribution in [3.8, 4) is 0 Å². The van der Waals surface area contributed by atoms with Crippen molar-refractivity contribution in [2.24, 2.45) is 5.92 Å². The molecule has 31 heavy (non-hydrogen) atoms. The molecule has 1 aromatic rings. The summed E-state index contributed by atoms with van der Waals surface area (Å²) in [6.45, 7) is 5.17. The summed E-state index contributed by atoms with van der Waals surface area (Å²) in [5, 5.41) is 7.12. The lowest BCUT2D eigenvalue weighted by Crippen LogP contribution is -2.32. The maximum absolute atomic E-state index is 12.3. The van der Waals surface area contributed by atoms with Crippen LogP contribution in [0.4, 0.5) is 13.2 Å². The maximum Gasteiger partial charge on any atom is 0.490 e. The standard InChI is InChI=1S/C20H28N2O2.C2HF3O2/c23-20(22-9-4-5-10-22)13-18-12-17-14-21(15-19(17)24-18)11-8-16-6-2-1-3-7-16;3-2(4,5)1(6)7/h1-3,6-7,17-19H,4-5,8-15H2;(H,6,7)/t17-,18-,19+;/m0./s1. The van der Waals surface area contributed by atoms with Gasteiger partial charge in [0, 0.05) is 38.6 Å². The van der Waals surface area contributed by atoms with E-state index in [0.717, 1.165) is 45.6 Å². The first-order chi connectivity index (χ1) is 14.7. The Morgan fingerprint density at radius 3 is 2.32 bits per heavy atom. The van der Waals surface area contributed by atoms with Crippen molar-refractivity contribution in [1.82, 2.24) is 9.80 Å². The number of nitrogens with zero attached hydrogens (tertiary/aromatic N) is 2. The van der Waals surface area contributed by atoms with Gasteiger partial charge in [-0.2, -0.15) is 13.2 Å². The number of carbonyl (C=O) groups is 2. The van der Waals surface area contributed by atoms with Crippen molar-refractivity contribution in [2.45, 2.75) is 50.5 Å². The number of halogens is 3. The van der Waals surface area contributed by atoms with Crippen molar-refractivity contribution in [3.05, 3.63) is 35.9 Å². The van der Waals surface area contributed by atoms with Crippen molar-refractivity contribution < 1.29 is 32.6 Å². The minimum atomic E-state index is -5.08. The van der Waals surface area contributed by atoms with Gasteiger partial charge in [0.25, 0.3) is 0 Å². The lowest BCUT2D eigenvalue weighted by molar-refractivity contribution is -0.192. The molecular formula is C22H29F3N2O4. The van der Waals surface area contributed by atoms with E-state index < -0.39 is 12.1 Å². The highest BCUT2D eigenvalue weighted by molar-refractivity contribution is 5.77. The molecule has 3 heterocycles. The van der Waals surface area contributed by atoms with Gasteiger partial charge >= 0.3 is 12.1 Å². The second-order valence-electron chi connectivity index (χ2n) is 8.38. The lowest BCUT2D eigenvalue weighted by Gasteiger charge is -2.21. The molecule has 6 nitrogen and oxygen atoms in total. The number of alkyl halides is 3.